The van der Waals surface area contributed by atoms with Crippen molar-refractivity contribution in [1.82, 2.24) is 5.32 Å². The Balaban J connectivity index is 1.47. The van der Waals surface area contributed by atoms with Gasteiger partial charge in [-0.25, -0.2) is 0 Å². The smallest absolute Gasteiger partial charge is 0.220 e. The zero-order valence-electron chi connectivity index (χ0n) is 13.7. The van der Waals surface area contributed by atoms with Crippen molar-refractivity contribution in [2.75, 3.05) is 0 Å². The largest absolute Gasteiger partial charge is 0.461 e. The minimum Gasteiger partial charge on any atom is -0.461 e. The Morgan fingerprint density at radius 2 is 1.76 bits per heavy atom. The lowest BCUT2D eigenvalue weighted by Gasteiger charge is -2.05. The number of carbonyl (C=O) groups is 1. The number of hydrogen-bond acceptors (Lipinski definition) is 3. The van der Waals surface area contributed by atoms with Gasteiger partial charge in [0.2, 0.25) is 5.91 Å². The quantitative estimate of drug-likeness (QED) is 0.741. The Bertz CT molecular complexity index is 874. The van der Waals surface area contributed by atoms with E-state index in [9.17, 15) is 4.79 Å². The van der Waals surface area contributed by atoms with Crippen molar-refractivity contribution >= 4 is 5.91 Å². The number of rotatable bonds is 6. The lowest BCUT2D eigenvalue weighted by atomic mass is 10.1. The Morgan fingerprint density at radius 3 is 2.48 bits per heavy atom. The average Bonchev–Trinajstić information content (AvgIpc) is 3.15. The fraction of sp³-hybridized carbons (Fsp3) is 0.143. The second-order valence-corrected chi connectivity index (χ2v) is 5.72. The number of aryl methyl sites for hydroxylation is 1. The molecule has 3 aromatic rings. The van der Waals surface area contributed by atoms with Crippen LogP contribution < -0.4 is 5.32 Å². The fourth-order valence-electron chi connectivity index (χ4n) is 2.49. The van der Waals surface area contributed by atoms with Crippen molar-refractivity contribution in [3.05, 3.63) is 83.6 Å². The van der Waals surface area contributed by atoms with E-state index in [-0.39, 0.29) is 5.91 Å². The Morgan fingerprint density at radius 1 is 1.00 bits per heavy atom. The lowest BCUT2D eigenvalue weighted by Crippen LogP contribution is -2.22. The number of nitrogens with one attached hydrogen (secondary N) is 1. The first-order valence-electron chi connectivity index (χ1n) is 8.14. The number of furan rings is 1. The summed E-state index contributed by atoms with van der Waals surface area (Å²) in [6.07, 6.45) is 0.935. The van der Waals surface area contributed by atoms with Gasteiger partial charge in [0.05, 0.1) is 11.6 Å². The van der Waals surface area contributed by atoms with Gasteiger partial charge in [-0.05, 0) is 29.8 Å². The van der Waals surface area contributed by atoms with Crippen molar-refractivity contribution in [3.8, 4) is 17.4 Å². The molecule has 0 aliphatic carbocycles. The summed E-state index contributed by atoms with van der Waals surface area (Å²) in [6.45, 7) is 0.456. The zero-order valence-corrected chi connectivity index (χ0v) is 13.7. The molecule has 0 atom stereocenters. The van der Waals surface area contributed by atoms with Gasteiger partial charge in [-0.1, -0.05) is 42.5 Å². The van der Waals surface area contributed by atoms with Gasteiger partial charge in [0.1, 0.15) is 11.5 Å². The monoisotopic (exact) mass is 330 g/mol. The van der Waals surface area contributed by atoms with Gasteiger partial charge in [-0.2, -0.15) is 5.26 Å². The summed E-state index contributed by atoms with van der Waals surface area (Å²) >= 11 is 0. The second-order valence-electron chi connectivity index (χ2n) is 5.72. The molecule has 1 amide bonds. The first-order valence-corrected chi connectivity index (χ1v) is 8.14. The van der Waals surface area contributed by atoms with E-state index >= 15 is 0 Å². The molecular formula is C21H18N2O2. The van der Waals surface area contributed by atoms with Crippen LogP contribution in [0.15, 0.2) is 71.1 Å². The van der Waals surface area contributed by atoms with Crippen LogP contribution in [0.1, 0.15) is 23.3 Å². The van der Waals surface area contributed by atoms with E-state index in [1.54, 1.807) is 12.1 Å². The molecule has 124 valence electrons. The fourth-order valence-corrected chi connectivity index (χ4v) is 2.49. The van der Waals surface area contributed by atoms with Gasteiger partial charge in [0, 0.05) is 24.9 Å². The number of nitrogens with zero attached hydrogens (tertiary/aromatic N) is 1. The van der Waals surface area contributed by atoms with Crippen LogP contribution in [0.5, 0.6) is 0 Å². The minimum atomic E-state index is -0.0259. The summed E-state index contributed by atoms with van der Waals surface area (Å²) in [5.74, 6) is 1.59. The maximum Gasteiger partial charge on any atom is 0.220 e. The van der Waals surface area contributed by atoms with Crippen molar-refractivity contribution in [2.24, 2.45) is 0 Å². The first kappa shape index (κ1) is 16.5. The third-order valence-corrected chi connectivity index (χ3v) is 3.89. The average molecular weight is 330 g/mol. The Hall–Kier alpha value is -3.32. The molecule has 0 aliphatic rings. The molecule has 0 aliphatic heterocycles. The first-order chi connectivity index (χ1) is 12.2. The molecule has 0 fully saturated rings. The molecule has 4 heteroatoms. The highest BCUT2D eigenvalue weighted by Crippen LogP contribution is 2.22. The van der Waals surface area contributed by atoms with Crippen LogP contribution >= 0.6 is 0 Å². The van der Waals surface area contributed by atoms with Gasteiger partial charge in [-0.3, -0.25) is 4.79 Å². The second kappa shape index (κ2) is 7.98. The maximum atomic E-state index is 12.0. The maximum absolute atomic E-state index is 12.0. The third-order valence-electron chi connectivity index (χ3n) is 3.89. The number of carbonyl (C=O) groups excluding carboxylic acids is 1. The van der Waals surface area contributed by atoms with Crippen LogP contribution in [0, 0.1) is 11.3 Å². The SMILES string of the molecule is N#Cc1ccc(CNC(=O)CCc2ccc(-c3ccccc3)o2)cc1. The van der Waals surface area contributed by atoms with Gasteiger partial charge in [0.15, 0.2) is 0 Å². The minimum absolute atomic E-state index is 0.0259. The zero-order chi connectivity index (χ0) is 17.5. The molecule has 2 aromatic carbocycles. The summed E-state index contributed by atoms with van der Waals surface area (Å²) < 4.78 is 5.80. The van der Waals surface area contributed by atoms with E-state index in [0.717, 1.165) is 22.6 Å². The highest BCUT2D eigenvalue weighted by atomic mass is 16.3. The molecule has 0 bridgehead atoms. The van der Waals surface area contributed by atoms with Gasteiger partial charge in [-0.15, -0.1) is 0 Å². The number of amides is 1. The Labute approximate surface area is 146 Å². The van der Waals surface area contributed by atoms with Crippen molar-refractivity contribution in [3.63, 3.8) is 0 Å². The normalized spacial score (nSPS) is 10.2. The predicted molar refractivity (Wildman–Crippen MR) is 95.5 cm³/mol. The summed E-state index contributed by atoms with van der Waals surface area (Å²) in [5.41, 5.74) is 2.61. The van der Waals surface area contributed by atoms with Crippen molar-refractivity contribution in [1.29, 1.82) is 5.26 Å². The molecule has 4 nitrogen and oxygen atoms in total. The molecule has 0 radical (unpaired) electrons. The molecule has 0 saturated carbocycles. The van der Waals surface area contributed by atoms with E-state index < -0.39 is 0 Å². The molecule has 25 heavy (non-hydrogen) atoms. The predicted octanol–water partition coefficient (Wildman–Crippen LogP) is 4.07. The van der Waals surface area contributed by atoms with Crippen LogP contribution in [-0.2, 0) is 17.8 Å². The lowest BCUT2D eigenvalue weighted by molar-refractivity contribution is -0.121. The van der Waals surface area contributed by atoms with E-state index in [1.165, 1.54) is 0 Å². The molecule has 1 N–H and O–H groups in total. The third kappa shape index (κ3) is 4.58. The van der Waals surface area contributed by atoms with Crippen molar-refractivity contribution in [2.45, 2.75) is 19.4 Å². The Kier molecular flexibility index (Phi) is 5.28. The van der Waals surface area contributed by atoms with E-state index in [1.807, 2.05) is 54.6 Å². The molecule has 3 rings (SSSR count). The van der Waals surface area contributed by atoms with Crippen molar-refractivity contribution < 1.29 is 9.21 Å². The molecule has 0 saturated heterocycles. The van der Waals surface area contributed by atoms with Crippen LogP contribution in [0.25, 0.3) is 11.3 Å². The topological polar surface area (TPSA) is 66.0 Å². The molecule has 1 heterocycles. The van der Waals surface area contributed by atoms with E-state index in [0.29, 0.717) is 24.9 Å². The standard InChI is InChI=1S/C21H18N2O2/c22-14-16-6-8-17(9-7-16)15-23-21(24)13-11-19-10-12-20(25-19)18-4-2-1-3-5-18/h1-10,12H,11,13,15H2,(H,23,24). The number of nitriles is 1. The number of benzene rings is 2. The van der Waals surface area contributed by atoms with Gasteiger partial charge >= 0.3 is 0 Å². The summed E-state index contributed by atoms with van der Waals surface area (Å²) in [6, 6.07) is 23.0. The van der Waals surface area contributed by atoms with Crippen LogP contribution in [0.2, 0.25) is 0 Å². The molecule has 1 aromatic heterocycles. The summed E-state index contributed by atoms with van der Waals surface area (Å²) in [7, 11) is 0. The van der Waals surface area contributed by atoms with Crippen LogP contribution in [-0.4, -0.2) is 5.91 Å². The molecular weight excluding hydrogens is 312 g/mol. The summed E-state index contributed by atoms with van der Waals surface area (Å²) in [5, 5.41) is 11.7. The highest BCUT2D eigenvalue weighted by molar-refractivity contribution is 5.76. The van der Waals surface area contributed by atoms with Crippen LogP contribution in [0.4, 0.5) is 0 Å². The number of hydrogen-bond donors (Lipinski definition) is 1. The highest BCUT2D eigenvalue weighted by Gasteiger charge is 2.07. The van der Waals surface area contributed by atoms with E-state index in [4.69, 9.17) is 9.68 Å². The molecule has 0 spiro atoms. The van der Waals surface area contributed by atoms with Gasteiger partial charge in [0.25, 0.3) is 0 Å². The van der Waals surface area contributed by atoms with Gasteiger partial charge < -0.3 is 9.73 Å². The molecule has 0 unspecified atom stereocenters. The van der Waals surface area contributed by atoms with Crippen LogP contribution in [0.3, 0.4) is 0 Å². The summed E-state index contributed by atoms with van der Waals surface area (Å²) in [4.78, 5) is 12.0. The van der Waals surface area contributed by atoms with E-state index in [2.05, 4.69) is 11.4 Å².